The molecule has 134 valence electrons. The lowest BCUT2D eigenvalue weighted by Gasteiger charge is -2.37. The van der Waals surface area contributed by atoms with Gasteiger partial charge in [-0.2, -0.15) is 0 Å². The predicted octanol–water partition coefficient (Wildman–Crippen LogP) is 2.95. The van der Waals surface area contributed by atoms with Gasteiger partial charge in [-0.25, -0.2) is 0 Å². The first kappa shape index (κ1) is 17.5. The van der Waals surface area contributed by atoms with E-state index in [1.54, 1.807) is 12.1 Å². The molecule has 3 atom stereocenters. The summed E-state index contributed by atoms with van der Waals surface area (Å²) >= 11 is 0. The number of hydrogen-bond acceptors (Lipinski definition) is 4. The van der Waals surface area contributed by atoms with Crippen LogP contribution in [-0.4, -0.2) is 48.3 Å². The fourth-order valence-corrected chi connectivity index (χ4v) is 3.68. The average molecular weight is 345 g/mol. The van der Waals surface area contributed by atoms with Crippen molar-refractivity contribution in [3.05, 3.63) is 29.8 Å². The third-order valence-electron chi connectivity index (χ3n) is 4.81. The van der Waals surface area contributed by atoms with E-state index in [4.69, 9.17) is 4.74 Å². The highest BCUT2D eigenvalue weighted by Gasteiger charge is 2.37. The number of rotatable bonds is 4. The summed E-state index contributed by atoms with van der Waals surface area (Å²) in [6.45, 7) is 2.75. The maximum absolute atomic E-state index is 12.2. The normalized spacial score (nSPS) is 28.9. The van der Waals surface area contributed by atoms with Crippen LogP contribution in [0.4, 0.5) is 13.2 Å². The zero-order chi connectivity index (χ0) is 17.2. The van der Waals surface area contributed by atoms with Crippen molar-refractivity contribution < 1.29 is 27.8 Å². The van der Waals surface area contributed by atoms with Gasteiger partial charge in [-0.05, 0) is 43.5 Å². The van der Waals surface area contributed by atoms with Gasteiger partial charge in [0.15, 0.2) is 0 Å². The van der Waals surface area contributed by atoms with Gasteiger partial charge < -0.3 is 14.6 Å². The lowest BCUT2D eigenvalue weighted by Crippen LogP contribution is -2.45. The maximum Gasteiger partial charge on any atom is 0.573 e. The fourth-order valence-electron chi connectivity index (χ4n) is 3.68. The Bertz CT molecular complexity index is 535. The molecule has 2 aliphatic heterocycles. The smallest absolute Gasteiger partial charge is 0.406 e. The molecule has 24 heavy (non-hydrogen) atoms. The van der Waals surface area contributed by atoms with Gasteiger partial charge in [0.1, 0.15) is 5.75 Å². The van der Waals surface area contributed by atoms with Crippen LogP contribution in [0, 0.1) is 5.92 Å². The molecule has 2 fully saturated rings. The largest absolute Gasteiger partial charge is 0.573 e. The topological polar surface area (TPSA) is 41.9 Å². The summed E-state index contributed by atoms with van der Waals surface area (Å²) in [5.41, 5.74) is 0.933. The molecule has 3 unspecified atom stereocenters. The minimum Gasteiger partial charge on any atom is -0.406 e. The average Bonchev–Trinajstić information content (AvgIpc) is 2.96. The molecule has 2 saturated heterocycles. The van der Waals surface area contributed by atoms with Gasteiger partial charge >= 0.3 is 6.36 Å². The van der Waals surface area contributed by atoms with Crippen molar-refractivity contribution in [2.75, 3.05) is 19.8 Å². The van der Waals surface area contributed by atoms with Gasteiger partial charge in [-0.3, -0.25) is 4.90 Å². The third kappa shape index (κ3) is 4.40. The second kappa shape index (κ2) is 7.29. The van der Waals surface area contributed by atoms with Crippen molar-refractivity contribution in [1.82, 2.24) is 4.90 Å². The van der Waals surface area contributed by atoms with Gasteiger partial charge in [-0.15, -0.1) is 13.2 Å². The molecule has 0 aliphatic carbocycles. The van der Waals surface area contributed by atoms with E-state index < -0.39 is 6.36 Å². The van der Waals surface area contributed by atoms with Crippen LogP contribution in [0.25, 0.3) is 0 Å². The highest BCUT2D eigenvalue weighted by atomic mass is 19.4. The molecule has 7 heteroatoms. The molecule has 1 aromatic rings. The number of aliphatic hydroxyl groups is 1. The van der Waals surface area contributed by atoms with E-state index in [1.807, 2.05) is 0 Å². The molecular formula is C17H22F3NO3. The molecule has 0 saturated carbocycles. The molecule has 3 rings (SSSR count). The Morgan fingerprint density at radius 2 is 1.96 bits per heavy atom. The monoisotopic (exact) mass is 345 g/mol. The van der Waals surface area contributed by atoms with Gasteiger partial charge in [0.2, 0.25) is 0 Å². The quantitative estimate of drug-likeness (QED) is 0.911. The van der Waals surface area contributed by atoms with Crippen LogP contribution in [0.2, 0.25) is 0 Å². The number of hydrogen-bond donors (Lipinski definition) is 1. The number of likely N-dealkylation sites (tertiary alicyclic amines) is 1. The summed E-state index contributed by atoms with van der Waals surface area (Å²) in [5, 5.41) is 10.2. The van der Waals surface area contributed by atoms with Crippen molar-refractivity contribution in [1.29, 1.82) is 0 Å². The second-order valence-electron chi connectivity index (χ2n) is 6.47. The molecule has 2 aliphatic rings. The minimum absolute atomic E-state index is 0.106. The summed E-state index contributed by atoms with van der Waals surface area (Å²) < 4.78 is 46.0. The highest BCUT2D eigenvalue weighted by Crippen LogP contribution is 2.31. The number of aliphatic hydroxyl groups excluding tert-OH is 1. The van der Waals surface area contributed by atoms with E-state index in [-0.39, 0.29) is 23.8 Å². The van der Waals surface area contributed by atoms with Gasteiger partial charge in [0, 0.05) is 25.1 Å². The van der Waals surface area contributed by atoms with Crippen LogP contribution in [0.3, 0.4) is 0 Å². The van der Waals surface area contributed by atoms with Crippen LogP contribution >= 0.6 is 0 Å². The lowest BCUT2D eigenvalue weighted by molar-refractivity contribution is -0.274. The number of benzene rings is 1. The maximum atomic E-state index is 12.2. The number of nitrogens with zero attached hydrogens (tertiary/aromatic N) is 1. The molecular weight excluding hydrogens is 323 g/mol. The summed E-state index contributed by atoms with van der Waals surface area (Å²) in [6.07, 6.45) is -2.27. The Kier molecular flexibility index (Phi) is 5.32. The zero-order valence-corrected chi connectivity index (χ0v) is 13.3. The van der Waals surface area contributed by atoms with Crippen LogP contribution < -0.4 is 4.74 Å². The first-order valence-corrected chi connectivity index (χ1v) is 8.27. The standard InChI is InChI=1S/C17H22F3NO3/c18-17(19,20)24-13-5-3-12(4-6-13)10-21-8-1-2-15(21)14-11-23-9-7-16(14)22/h3-6,14-16,22H,1-2,7-11H2. The molecule has 2 heterocycles. The van der Waals surface area contributed by atoms with Crippen LogP contribution in [0.5, 0.6) is 5.75 Å². The molecule has 0 spiro atoms. The Hall–Kier alpha value is -1.31. The van der Waals surface area contributed by atoms with Crippen molar-refractivity contribution in [2.45, 2.75) is 44.3 Å². The SMILES string of the molecule is OC1CCOCC1C1CCCN1Cc1ccc(OC(F)(F)F)cc1. The van der Waals surface area contributed by atoms with E-state index in [1.165, 1.54) is 12.1 Å². The van der Waals surface area contributed by atoms with Gasteiger partial charge in [-0.1, -0.05) is 12.1 Å². The first-order chi connectivity index (χ1) is 11.4. The number of halogens is 3. The molecule has 4 nitrogen and oxygen atoms in total. The number of ether oxygens (including phenoxy) is 2. The van der Waals surface area contributed by atoms with E-state index in [0.29, 0.717) is 26.2 Å². The number of alkyl halides is 3. The summed E-state index contributed by atoms with van der Waals surface area (Å²) in [7, 11) is 0. The minimum atomic E-state index is -4.67. The van der Waals surface area contributed by atoms with E-state index in [2.05, 4.69) is 9.64 Å². The molecule has 0 bridgehead atoms. The molecule has 1 aromatic carbocycles. The van der Waals surface area contributed by atoms with Crippen molar-refractivity contribution in [2.24, 2.45) is 5.92 Å². The van der Waals surface area contributed by atoms with E-state index >= 15 is 0 Å². The molecule has 0 aromatic heterocycles. The Labute approximate surface area is 139 Å². The van der Waals surface area contributed by atoms with Crippen molar-refractivity contribution in [3.63, 3.8) is 0 Å². The Balaban J connectivity index is 1.62. The van der Waals surface area contributed by atoms with Crippen LogP contribution in [0.15, 0.2) is 24.3 Å². The van der Waals surface area contributed by atoms with Gasteiger partial charge in [0.05, 0.1) is 12.7 Å². The summed E-state index contributed by atoms with van der Waals surface area (Å²) in [6, 6.07) is 6.25. The summed E-state index contributed by atoms with van der Waals surface area (Å²) in [4.78, 5) is 2.29. The zero-order valence-electron chi connectivity index (χ0n) is 13.3. The van der Waals surface area contributed by atoms with Crippen LogP contribution in [0.1, 0.15) is 24.8 Å². The van der Waals surface area contributed by atoms with E-state index in [9.17, 15) is 18.3 Å². The first-order valence-electron chi connectivity index (χ1n) is 8.27. The van der Waals surface area contributed by atoms with Crippen molar-refractivity contribution >= 4 is 0 Å². The summed E-state index contributed by atoms with van der Waals surface area (Å²) in [5.74, 6) is -0.102. The van der Waals surface area contributed by atoms with E-state index in [0.717, 1.165) is 24.9 Å². The highest BCUT2D eigenvalue weighted by molar-refractivity contribution is 5.27. The predicted molar refractivity (Wildman–Crippen MR) is 81.5 cm³/mol. The molecule has 0 amide bonds. The molecule has 0 radical (unpaired) electrons. The second-order valence-corrected chi connectivity index (χ2v) is 6.47. The Morgan fingerprint density at radius 3 is 2.62 bits per heavy atom. The third-order valence-corrected chi connectivity index (χ3v) is 4.81. The van der Waals surface area contributed by atoms with Gasteiger partial charge in [0.25, 0.3) is 0 Å². The van der Waals surface area contributed by atoms with Crippen molar-refractivity contribution in [3.8, 4) is 5.75 Å². The lowest BCUT2D eigenvalue weighted by atomic mass is 9.89. The fraction of sp³-hybridized carbons (Fsp3) is 0.647. The molecule has 1 N–H and O–H groups in total. The Morgan fingerprint density at radius 1 is 1.21 bits per heavy atom. The van der Waals surface area contributed by atoms with Crippen LogP contribution in [-0.2, 0) is 11.3 Å².